The van der Waals surface area contributed by atoms with Crippen molar-refractivity contribution in [2.75, 3.05) is 32.1 Å². The molecule has 2 aliphatic rings. The second-order valence-corrected chi connectivity index (χ2v) is 10.8. The van der Waals surface area contributed by atoms with Gasteiger partial charge in [-0.2, -0.15) is 5.10 Å². The molecule has 0 unspecified atom stereocenters. The monoisotopic (exact) mass is 570 g/mol. The third-order valence-corrected chi connectivity index (χ3v) is 8.12. The minimum atomic E-state index is -0.601. The number of likely N-dealkylation sites (N-methyl/N-ethyl adjacent to an activating group) is 1. The Morgan fingerprint density at radius 2 is 1.93 bits per heavy atom. The van der Waals surface area contributed by atoms with Gasteiger partial charge in [0.05, 0.1) is 28.8 Å². The molecule has 4 aromatic rings. The largest absolute Gasteiger partial charge is 0.490 e. The van der Waals surface area contributed by atoms with Crippen molar-refractivity contribution in [1.29, 1.82) is 0 Å². The van der Waals surface area contributed by atoms with Gasteiger partial charge in [0.1, 0.15) is 17.4 Å². The first kappa shape index (κ1) is 27.4. The van der Waals surface area contributed by atoms with E-state index in [4.69, 9.17) is 4.74 Å². The fraction of sp³-hybridized carbons (Fsp3) is 0.323. The van der Waals surface area contributed by atoms with Gasteiger partial charge in [-0.3, -0.25) is 14.4 Å². The highest BCUT2D eigenvalue weighted by molar-refractivity contribution is 5.96. The third-order valence-electron chi connectivity index (χ3n) is 8.12. The molecule has 0 spiro atoms. The lowest BCUT2D eigenvalue weighted by Crippen LogP contribution is -2.60. The summed E-state index contributed by atoms with van der Waals surface area (Å²) >= 11 is 0. The Hall–Kier alpha value is -4.80. The Bertz CT molecular complexity index is 1730. The maximum atomic E-state index is 14.9. The molecule has 1 saturated heterocycles. The molecule has 0 bridgehead atoms. The van der Waals surface area contributed by atoms with E-state index in [0.29, 0.717) is 58.7 Å². The fourth-order valence-corrected chi connectivity index (χ4v) is 5.25. The molecule has 2 aromatic carbocycles. The van der Waals surface area contributed by atoms with Gasteiger partial charge in [0, 0.05) is 50.8 Å². The van der Waals surface area contributed by atoms with Crippen molar-refractivity contribution in [3.05, 3.63) is 93.3 Å². The molecule has 2 aromatic heterocycles. The van der Waals surface area contributed by atoms with Crippen LogP contribution in [0.2, 0.25) is 0 Å². The number of nitrogens with zero attached hydrogens (tertiary/aromatic N) is 4. The molecular formula is C31H31FN6O4. The summed E-state index contributed by atoms with van der Waals surface area (Å²) < 4.78 is 20.9. The number of halogens is 1. The van der Waals surface area contributed by atoms with Crippen molar-refractivity contribution in [2.45, 2.75) is 37.8 Å². The molecule has 3 heterocycles. The Labute approximate surface area is 241 Å². The van der Waals surface area contributed by atoms with Crippen LogP contribution in [0, 0.1) is 5.82 Å². The molecule has 1 aliphatic carbocycles. The van der Waals surface area contributed by atoms with Gasteiger partial charge in [-0.15, -0.1) is 0 Å². The molecular weight excluding hydrogens is 539 g/mol. The van der Waals surface area contributed by atoms with Crippen LogP contribution in [0.5, 0.6) is 5.75 Å². The molecule has 11 heteroatoms. The highest BCUT2D eigenvalue weighted by atomic mass is 19.1. The lowest BCUT2D eigenvalue weighted by molar-refractivity contribution is 0.0598. The van der Waals surface area contributed by atoms with Crippen LogP contribution in [-0.4, -0.2) is 71.2 Å². The van der Waals surface area contributed by atoms with E-state index in [9.17, 15) is 18.8 Å². The molecule has 2 amide bonds. The van der Waals surface area contributed by atoms with E-state index >= 15 is 0 Å². The summed E-state index contributed by atoms with van der Waals surface area (Å²) in [6.07, 6.45) is 5.23. The molecule has 0 atom stereocenters. The average Bonchev–Trinajstić information content (AvgIpc) is 2.96. The minimum Gasteiger partial charge on any atom is -0.490 e. The number of pyridine rings is 1. The van der Waals surface area contributed by atoms with E-state index in [1.807, 2.05) is 18.0 Å². The number of hydrogen-bond acceptors (Lipinski definition) is 7. The zero-order chi connectivity index (χ0) is 29.4. The normalized spacial score (nSPS) is 15.2. The SMILES string of the molecule is CNC(=O)c1ccnc(N(C)C2CN(C(=O)c3cc(Cc4n[nH]c(=O)c5ccc(OC6CCC6)cc45)ccc3F)C2)c1. The maximum Gasteiger partial charge on any atom is 0.272 e. The number of H-pyrrole nitrogens is 1. The quantitative estimate of drug-likeness (QED) is 0.334. The first-order chi connectivity index (χ1) is 20.3. The molecule has 2 N–H and O–H groups in total. The number of carbonyl (C=O) groups excluding carboxylic acids is 2. The standard InChI is InChI=1S/C31H31FN6O4/c1-33-29(39)19-10-11-34-28(14-19)37(2)20-16-38(17-20)31(41)25-12-18(6-9-26(25)32)13-27-24-15-22(42-21-4-3-5-21)7-8-23(24)30(40)36-35-27/h6-12,14-15,20-21H,3-5,13,16-17H2,1-2H3,(H,33,39)(H,36,40). The van der Waals surface area contributed by atoms with Crippen molar-refractivity contribution >= 4 is 28.4 Å². The van der Waals surface area contributed by atoms with Crippen LogP contribution in [0.1, 0.15) is 51.2 Å². The van der Waals surface area contributed by atoms with Crippen LogP contribution < -0.4 is 20.5 Å². The van der Waals surface area contributed by atoms with Gasteiger partial charge in [0.25, 0.3) is 17.4 Å². The number of carbonyl (C=O) groups is 2. The second-order valence-electron chi connectivity index (χ2n) is 10.8. The summed E-state index contributed by atoms with van der Waals surface area (Å²) in [5.41, 5.74) is 1.47. The minimum absolute atomic E-state index is 0.0175. The Balaban J connectivity index is 1.17. The average molecular weight is 571 g/mol. The number of anilines is 1. The number of rotatable bonds is 8. The highest BCUT2D eigenvalue weighted by Gasteiger charge is 2.35. The van der Waals surface area contributed by atoms with Crippen molar-refractivity contribution in [2.24, 2.45) is 0 Å². The zero-order valence-electron chi connectivity index (χ0n) is 23.4. The molecule has 10 nitrogen and oxygen atoms in total. The van der Waals surface area contributed by atoms with E-state index in [2.05, 4.69) is 20.5 Å². The lowest BCUT2D eigenvalue weighted by Gasteiger charge is -2.44. The van der Waals surface area contributed by atoms with Crippen LogP contribution in [0.3, 0.4) is 0 Å². The van der Waals surface area contributed by atoms with E-state index < -0.39 is 11.7 Å². The van der Waals surface area contributed by atoms with Crippen molar-refractivity contribution in [3.63, 3.8) is 0 Å². The molecule has 1 saturated carbocycles. The van der Waals surface area contributed by atoms with E-state index in [1.165, 1.54) is 6.07 Å². The van der Waals surface area contributed by atoms with Gasteiger partial charge in [-0.1, -0.05) is 6.07 Å². The fourth-order valence-electron chi connectivity index (χ4n) is 5.25. The highest BCUT2D eigenvalue weighted by Crippen LogP contribution is 2.29. The van der Waals surface area contributed by atoms with Gasteiger partial charge in [0.2, 0.25) is 0 Å². The molecule has 42 heavy (non-hydrogen) atoms. The van der Waals surface area contributed by atoms with Gasteiger partial charge in [0.15, 0.2) is 0 Å². The van der Waals surface area contributed by atoms with Crippen LogP contribution in [0.4, 0.5) is 10.2 Å². The van der Waals surface area contributed by atoms with E-state index in [0.717, 1.165) is 19.3 Å². The van der Waals surface area contributed by atoms with Crippen LogP contribution in [-0.2, 0) is 6.42 Å². The van der Waals surface area contributed by atoms with E-state index in [-0.39, 0.29) is 29.2 Å². The molecule has 1 aliphatic heterocycles. The predicted octanol–water partition coefficient (Wildman–Crippen LogP) is 3.30. The third kappa shape index (κ3) is 5.29. The Morgan fingerprint density at radius 3 is 2.67 bits per heavy atom. The molecule has 216 valence electrons. The number of fused-ring (bicyclic) bond motifs is 1. The van der Waals surface area contributed by atoms with Gasteiger partial charge in [-0.25, -0.2) is 14.5 Å². The number of ether oxygens (including phenoxy) is 1. The van der Waals surface area contributed by atoms with Crippen LogP contribution in [0.25, 0.3) is 10.8 Å². The van der Waals surface area contributed by atoms with E-state index in [1.54, 1.807) is 54.5 Å². The van der Waals surface area contributed by atoms with Gasteiger partial charge < -0.3 is 19.9 Å². The molecule has 2 fully saturated rings. The summed E-state index contributed by atoms with van der Waals surface area (Å²) in [7, 11) is 3.42. The summed E-state index contributed by atoms with van der Waals surface area (Å²) in [5.74, 6) is 0.0877. The van der Waals surface area contributed by atoms with Crippen LogP contribution in [0.15, 0.2) is 59.5 Å². The number of aromatic amines is 1. The number of nitrogens with one attached hydrogen (secondary N) is 2. The number of amides is 2. The lowest BCUT2D eigenvalue weighted by atomic mass is 9.96. The number of aromatic nitrogens is 3. The molecule has 6 rings (SSSR count). The summed E-state index contributed by atoms with van der Waals surface area (Å²) in [6, 6.07) is 13.1. The predicted molar refractivity (Wildman–Crippen MR) is 156 cm³/mol. The first-order valence-electron chi connectivity index (χ1n) is 14.0. The topological polar surface area (TPSA) is 121 Å². The summed E-state index contributed by atoms with van der Waals surface area (Å²) in [4.78, 5) is 45.6. The Kier molecular flexibility index (Phi) is 7.32. The number of benzene rings is 2. The first-order valence-corrected chi connectivity index (χ1v) is 14.0. The second kappa shape index (κ2) is 11.2. The number of hydrogen-bond donors (Lipinski definition) is 2. The van der Waals surface area contributed by atoms with Gasteiger partial charge >= 0.3 is 0 Å². The smallest absolute Gasteiger partial charge is 0.272 e. The zero-order valence-corrected chi connectivity index (χ0v) is 23.4. The summed E-state index contributed by atoms with van der Waals surface area (Å²) in [5, 5.41) is 10.6. The van der Waals surface area contributed by atoms with Crippen molar-refractivity contribution < 1.29 is 18.7 Å². The van der Waals surface area contributed by atoms with Gasteiger partial charge in [-0.05, 0) is 67.3 Å². The Morgan fingerprint density at radius 1 is 1.12 bits per heavy atom. The van der Waals surface area contributed by atoms with Crippen molar-refractivity contribution in [1.82, 2.24) is 25.4 Å². The van der Waals surface area contributed by atoms with Crippen molar-refractivity contribution in [3.8, 4) is 5.75 Å². The van der Waals surface area contributed by atoms with Crippen LogP contribution >= 0.6 is 0 Å². The number of likely N-dealkylation sites (tertiary alicyclic amines) is 1. The maximum absolute atomic E-state index is 14.9. The summed E-state index contributed by atoms with van der Waals surface area (Å²) in [6.45, 7) is 0.779. The molecule has 0 radical (unpaired) electrons.